The Morgan fingerprint density at radius 1 is 1.36 bits per heavy atom. The number of hydrogen-bond donors (Lipinski definition) is 1. The Morgan fingerprint density at radius 3 is 2.64 bits per heavy atom. The van der Waals surface area contributed by atoms with Crippen molar-refractivity contribution in [1.82, 2.24) is 19.5 Å². The van der Waals surface area contributed by atoms with Crippen molar-refractivity contribution in [1.29, 1.82) is 0 Å². The summed E-state index contributed by atoms with van der Waals surface area (Å²) in [5.41, 5.74) is 2.18. The standard InChI is InChI=1S/C10H14N4/c1-4-8-5-12-10(13-8)9-6-11-7(2)14(9)3/h5-6H,4H2,1-3H3,(H,12,13). The molecule has 0 aliphatic heterocycles. The van der Waals surface area contributed by atoms with Crippen LogP contribution in [0.25, 0.3) is 11.5 Å². The van der Waals surface area contributed by atoms with E-state index in [1.807, 2.05) is 30.9 Å². The molecule has 14 heavy (non-hydrogen) atoms. The Balaban J connectivity index is 2.44. The lowest BCUT2D eigenvalue weighted by Gasteiger charge is -1.99. The third-order valence-corrected chi connectivity index (χ3v) is 2.47. The summed E-state index contributed by atoms with van der Waals surface area (Å²) in [6, 6.07) is 0. The van der Waals surface area contributed by atoms with Crippen LogP contribution in [0.1, 0.15) is 18.4 Å². The molecule has 0 fully saturated rings. The van der Waals surface area contributed by atoms with E-state index in [9.17, 15) is 0 Å². The van der Waals surface area contributed by atoms with Crippen molar-refractivity contribution in [3.05, 3.63) is 23.9 Å². The molecule has 74 valence electrons. The van der Waals surface area contributed by atoms with Gasteiger partial charge in [-0.05, 0) is 13.3 Å². The summed E-state index contributed by atoms with van der Waals surface area (Å²) in [7, 11) is 1.99. The van der Waals surface area contributed by atoms with Gasteiger partial charge in [0.05, 0.1) is 6.20 Å². The molecular formula is C10H14N4. The smallest absolute Gasteiger partial charge is 0.155 e. The maximum absolute atomic E-state index is 4.32. The van der Waals surface area contributed by atoms with Gasteiger partial charge >= 0.3 is 0 Å². The minimum Gasteiger partial charge on any atom is -0.341 e. The second kappa shape index (κ2) is 3.29. The quantitative estimate of drug-likeness (QED) is 0.783. The van der Waals surface area contributed by atoms with Crippen LogP contribution in [-0.4, -0.2) is 19.5 Å². The summed E-state index contributed by atoms with van der Waals surface area (Å²) < 4.78 is 2.03. The molecule has 0 saturated heterocycles. The van der Waals surface area contributed by atoms with E-state index in [0.29, 0.717) is 0 Å². The largest absolute Gasteiger partial charge is 0.341 e. The van der Waals surface area contributed by atoms with Gasteiger partial charge in [0.2, 0.25) is 0 Å². The topological polar surface area (TPSA) is 46.5 Å². The summed E-state index contributed by atoms with van der Waals surface area (Å²) in [6.45, 7) is 4.08. The molecule has 0 bridgehead atoms. The minimum absolute atomic E-state index is 0.893. The zero-order valence-corrected chi connectivity index (χ0v) is 8.70. The van der Waals surface area contributed by atoms with Crippen LogP contribution in [0, 0.1) is 6.92 Å². The fourth-order valence-corrected chi connectivity index (χ4v) is 1.39. The van der Waals surface area contributed by atoms with E-state index in [4.69, 9.17) is 0 Å². The van der Waals surface area contributed by atoms with Gasteiger partial charge in [-0.25, -0.2) is 9.97 Å². The van der Waals surface area contributed by atoms with E-state index >= 15 is 0 Å². The van der Waals surface area contributed by atoms with Gasteiger partial charge in [-0.1, -0.05) is 6.92 Å². The van der Waals surface area contributed by atoms with Gasteiger partial charge in [-0.3, -0.25) is 0 Å². The van der Waals surface area contributed by atoms with Gasteiger partial charge in [0, 0.05) is 18.9 Å². The Hall–Kier alpha value is -1.58. The maximum Gasteiger partial charge on any atom is 0.155 e. The molecule has 0 spiro atoms. The van der Waals surface area contributed by atoms with Gasteiger partial charge in [0.1, 0.15) is 11.5 Å². The molecule has 2 aromatic rings. The number of H-pyrrole nitrogens is 1. The van der Waals surface area contributed by atoms with E-state index in [2.05, 4.69) is 21.9 Å². The fourth-order valence-electron chi connectivity index (χ4n) is 1.39. The number of aromatic amines is 1. The second-order valence-corrected chi connectivity index (χ2v) is 3.36. The average molecular weight is 190 g/mol. The predicted octanol–water partition coefficient (Wildman–Crippen LogP) is 1.68. The Labute approximate surface area is 83.0 Å². The summed E-state index contributed by atoms with van der Waals surface area (Å²) >= 11 is 0. The first-order valence-electron chi connectivity index (χ1n) is 4.75. The molecule has 2 rings (SSSR count). The van der Waals surface area contributed by atoms with Gasteiger partial charge in [-0.2, -0.15) is 0 Å². The maximum atomic E-state index is 4.32. The minimum atomic E-state index is 0.893. The summed E-state index contributed by atoms with van der Waals surface area (Å²) in [5, 5.41) is 0. The summed E-state index contributed by atoms with van der Waals surface area (Å²) in [4.78, 5) is 11.8. The van der Waals surface area contributed by atoms with Crippen LogP contribution in [0.5, 0.6) is 0 Å². The van der Waals surface area contributed by atoms with Crippen LogP contribution in [0.4, 0.5) is 0 Å². The van der Waals surface area contributed by atoms with Gasteiger partial charge in [0.25, 0.3) is 0 Å². The number of imidazole rings is 2. The van der Waals surface area contributed by atoms with Gasteiger partial charge < -0.3 is 9.55 Å². The van der Waals surface area contributed by atoms with E-state index in [1.54, 1.807) is 0 Å². The first-order valence-corrected chi connectivity index (χ1v) is 4.75. The molecule has 4 nitrogen and oxygen atoms in total. The molecule has 0 radical (unpaired) electrons. The molecule has 0 aliphatic rings. The third-order valence-electron chi connectivity index (χ3n) is 2.47. The van der Waals surface area contributed by atoms with Gasteiger partial charge in [-0.15, -0.1) is 0 Å². The van der Waals surface area contributed by atoms with Crippen LogP contribution < -0.4 is 0 Å². The highest BCUT2D eigenvalue weighted by atomic mass is 15.1. The van der Waals surface area contributed by atoms with Crippen LogP contribution in [-0.2, 0) is 13.5 Å². The highest BCUT2D eigenvalue weighted by Crippen LogP contribution is 2.15. The third kappa shape index (κ3) is 1.32. The zero-order chi connectivity index (χ0) is 10.1. The Morgan fingerprint density at radius 2 is 2.14 bits per heavy atom. The molecular weight excluding hydrogens is 176 g/mol. The lowest BCUT2D eigenvalue weighted by Crippen LogP contribution is -1.95. The number of hydrogen-bond acceptors (Lipinski definition) is 2. The molecule has 0 saturated carbocycles. The molecule has 1 N–H and O–H groups in total. The van der Waals surface area contributed by atoms with Crippen LogP contribution in [0.3, 0.4) is 0 Å². The molecule has 0 unspecified atom stereocenters. The predicted molar refractivity (Wildman–Crippen MR) is 54.9 cm³/mol. The molecule has 2 heterocycles. The van der Waals surface area contributed by atoms with E-state index < -0.39 is 0 Å². The molecule has 0 atom stereocenters. The SMILES string of the molecule is CCc1cnc(-c2cnc(C)n2C)[nH]1. The van der Waals surface area contributed by atoms with Crippen molar-refractivity contribution in [2.45, 2.75) is 20.3 Å². The highest BCUT2D eigenvalue weighted by Gasteiger charge is 2.08. The van der Waals surface area contributed by atoms with Crippen molar-refractivity contribution in [2.24, 2.45) is 7.05 Å². The number of aromatic nitrogens is 4. The first-order chi connectivity index (χ1) is 6.72. The molecule has 0 amide bonds. The fraction of sp³-hybridized carbons (Fsp3) is 0.400. The normalized spacial score (nSPS) is 10.8. The van der Waals surface area contributed by atoms with Crippen molar-refractivity contribution in [3.8, 4) is 11.5 Å². The molecule has 4 heteroatoms. The van der Waals surface area contributed by atoms with Crippen molar-refractivity contribution in [2.75, 3.05) is 0 Å². The van der Waals surface area contributed by atoms with Crippen molar-refractivity contribution in [3.63, 3.8) is 0 Å². The van der Waals surface area contributed by atoms with Crippen LogP contribution in [0.15, 0.2) is 12.4 Å². The lowest BCUT2D eigenvalue weighted by molar-refractivity contribution is 0.858. The summed E-state index contributed by atoms with van der Waals surface area (Å²) in [6.07, 6.45) is 4.69. The second-order valence-electron chi connectivity index (χ2n) is 3.36. The number of aryl methyl sites for hydroxylation is 2. The number of rotatable bonds is 2. The number of nitrogens with one attached hydrogen (secondary N) is 1. The summed E-state index contributed by atoms with van der Waals surface area (Å²) in [5.74, 6) is 1.89. The average Bonchev–Trinajstić information content (AvgIpc) is 2.75. The Bertz CT molecular complexity index is 439. The van der Waals surface area contributed by atoms with E-state index in [-0.39, 0.29) is 0 Å². The van der Waals surface area contributed by atoms with Crippen LogP contribution in [0.2, 0.25) is 0 Å². The first kappa shape index (κ1) is 8.99. The van der Waals surface area contributed by atoms with E-state index in [1.165, 1.54) is 0 Å². The monoisotopic (exact) mass is 190 g/mol. The lowest BCUT2D eigenvalue weighted by atomic mass is 10.4. The zero-order valence-electron chi connectivity index (χ0n) is 8.70. The van der Waals surface area contributed by atoms with Crippen molar-refractivity contribution < 1.29 is 0 Å². The molecule has 2 aromatic heterocycles. The van der Waals surface area contributed by atoms with Gasteiger partial charge in [0.15, 0.2) is 5.82 Å². The van der Waals surface area contributed by atoms with Crippen molar-refractivity contribution >= 4 is 0 Å². The highest BCUT2D eigenvalue weighted by molar-refractivity contribution is 5.49. The van der Waals surface area contributed by atoms with E-state index in [0.717, 1.165) is 29.5 Å². The number of nitrogens with zero attached hydrogens (tertiary/aromatic N) is 3. The molecule has 0 aromatic carbocycles. The molecule has 0 aliphatic carbocycles. The van der Waals surface area contributed by atoms with Crippen LogP contribution >= 0.6 is 0 Å². The Kier molecular flexibility index (Phi) is 2.11.